The first-order valence-corrected chi connectivity index (χ1v) is 20.3. The van der Waals surface area contributed by atoms with Crippen molar-refractivity contribution in [2.75, 3.05) is 28.4 Å². The summed E-state index contributed by atoms with van der Waals surface area (Å²) in [6, 6.07) is 48.4. The van der Waals surface area contributed by atoms with Gasteiger partial charge in [-0.3, -0.25) is 0 Å². The molecule has 0 unspecified atom stereocenters. The van der Waals surface area contributed by atoms with E-state index < -0.39 is 0 Å². The van der Waals surface area contributed by atoms with E-state index in [0.29, 0.717) is 60.6 Å². The fraction of sp³-hybridized carbons (Fsp3) is 0.154. The molecule has 6 aromatic carbocycles. The lowest BCUT2D eigenvalue weighted by molar-refractivity contribution is 0.414. The topological polar surface area (TPSA) is 114 Å². The quantitative estimate of drug-likeness (QED) is 0.0873. The normalized spacial score (nSPS) is 11.1. The molecule has 0 bridgehead atoms. The number of rotatable bonds is 16. The van der Waals surface area contributed by atoms with Crippen LogP contribution in [0.5, 0.6) is 23.0 Å². The maximum absolute atomic E-state index is 5.46. The number of methoxy groups -OCH3 is 4. The molecule has 0 aliphatic carbocycles. The minimum absolute atomic E-state index is 0.541. The van der Waals surface area contributed by atoms with Crippen LogP contribution in [-0.2, 0) is 25.7 Å². The van der Waals surface area contributed by atoms with Gasteiger partial charge in [-0.25, -0.2) is 29.9 Å². The Labute approximate surface area is 362 Å². The van der Waals surface area contributed by atoms with Gasteiger partial charge in [-0.15, -0.1) is 0 Å². The average Bonchev–Trinajstić information content (AvgIpc) is 3.31. The van der Waals surface area contributed by atoms with Crippen LogP contribution in [0.15, 0.2) is 146 Å². The molecule has 62 heavy (non-hydrogen) atoms. The predicted molar refractivity (Wildman–Crippen MR) is 243 cm³/mol. The van der Waals surface area contributed by atoms with Crippen LogP contribution in [0.1, 0.15) is 56.7 Å². The number of nitrogens with zero attached hydrogens (tertiary/aromatic N) is 6. The molecule has 8 aromatic rings. The van der Waals surface area contributed by atoms with Crippen molar-refractivity contribution in [1.29, 1.82) is 0 Å². The van der Waals surface area contributed by atoms with Crippen LogP contribution >= 0.6 is 0 Å². The van der Waals surface area contributed by atoms with Crippen LogP contribution in [0.4, 0.5) is 0 Å². The minimum Gasteiger partial charge on any atom is -0.497 e. The second kappa shape index (κ2) is 19.6. The van der Waals surface area contributed by atoms with Crippen LogP contribution in [-0.4, -0.2) is 58.3 Å². The fourth-order valence-electron chi connectivity index (χ4n) is 7.05. The number of aromatic nitrogens is 6. The van der Waals surface area contributed by atoms with Crippen molar-refractivity contribution in [3.05, 3.63) is 202 Å². The molecule has 0 saturated carbocycles. The second-order valence-corrected chi connectivity index (χ2v) is 14.7. The van der Waals surface area contributed by atoms with Gasteiger partial charge in [0.15, 0.2) is 11.6 Å². The Balaban J connectivity index is 1.01. The van der Waals surface area contributed by atoms with Crippen molar-refractivity contribution in [2.45, 2.75) is 25.7 Å². The summed E-state index contributed by atoms with van der Waals surface area (Å²) in [5.74, 6) is 7.16. The van der Waals surface area contributed by atoms with Crippen molar-refractivity contribution >= 4 is 12.2 Å². The summed E-state index contributed by atoms with van der Waals surface area (Å²) in [4.78, 5) is 29.5. The standard InChI is InChI=1S/C52H46N6O4/c1-59-43-13-5-9-37(27-43)31-47-53-48(32-38-10-6-14-44(28-38)60-2)56-51(55-47)41-23-19-35(20-24-41)17-18-36-21-25-42(26-22-36)52-57-49(33-39-11-7-15-45(29-39)61-3)54-50(58-52)34-40-12-8-16-46(30-40)62-4/h5-30H,31-34H2,1-4H3. The number of hydrogen-bond acceptors (Lipinski definition) is 10. The summed E-state index contributed by atoms with van der Waals surface area (Å²) < 4.78 is 21.8. The summed E-state index contributed by atoms with van der Waals surface area (Å²) in [5, 5.41) is 0. The lowest BCUT2D eigenvalue weighted by atomic mass is 10.1. The van der Waals surface area contributed by atoms with E-state index in [4.69, 9.17) is 48.9 Å². The highest BCUT2D eigenvalue weighted by Gasteiger charge is 2.14. The third kappa shape index (κ3) is 10.7. The molecule has 2 heterocycles. The van der Waals surface area contributed by atoms with Crippen LogP contribution in [0.2, 0.25) is 0 Å². The molecule has 0 amide bonds. The summed E-state index contributed by atoms with van der Waals surface area (Å²) in [6.45, 7) is 0. The van der Waals surface area contributed by atoms with Gasteiger partial charge in [-0.1, -0.05) is 109 Å². The molecule has 0 spiro atoms. The maximum Gasteiger partial charge on any atom is 0.163 e. The Morgan fingerprint density at radius 2 is 0.613 bits per heavy atom. The van der Waals surface area contributed by atoms with E-state index in [-0.39, 0.29) is 0 Å². The average molecular weight is 819 g/mol. The Bertz CT molecular complexity index is 2480. The Morgan fingerprint density at radius 3 is 0.871 bits per heavy atom. The molecule has 308 valence electrons. The van der Waals surface area contributed by atoms with Gasteiger partial charge in [0.25, 0.3) is 0 Å². The molecule has 0 saturated heterocycles. The van der Waals surface area contributed by atoms with Crippen molar-refractivity contribution < 1.29 is 18.9 Å². The Hall–Kier alpha value is -7.72. The van der Waals surface area contributed by atoms with Crippen LogP contribution in [0.3, 0.4) is 0 Å². The van der Waals surface area contributed by atoms with Gasteiger partial charge in [-0.05, 0) is 81.9 Å². The van der Waals surface area contributed by atoms with Crippen molar-refractivity contribution in [3.8, 4) is 45.8 Å². The van der Waals surface area contributed by atoms with Gasteiger partial charge in [0, 0.05) is 36.8 Å². The molecule has 0 atom stereocenters. The van der Waals surface area contributed by atoms with E-state index in [0.717, 1.165) is 67.5 Å². The van der Waals surface area contributed by atoms with Gasteiger partial charge in [0.05, 0.1) is 28.4 Å². The SMILES string of the molecule is COc1cccc(Cc2nc(Cc3cccc(OC)c3)nc(-c3ccc(C=Cc4ccc(-c5nc(Cc6cccc(OC)c6)nc(Cc6cccc(OC)c6)n5)cc4)cc3)n2)c1. The van der Waals surface area contributed by atoms with E-state index in [1.54, 1.807) is 28.4 Å². The van der Waals surface area contributed by atoms with E-state index >= 15 is 0 Å². The molecular weight excluding hydrogens is 773 g/mol. The molecular formula is C52H46N6O4. The van der Waals surface area contributed by atoms with Crippen LogP contribution < -0.4 is 18.9 Å². The van der Waals surface area contributed by atoms with Crippen LogP contribution in [0, 0.1) is 0 Å². The summed E-state index contributed by atoms with van der Waals surface area (Å²) in [6.07, 6.45) is 6.35. The van der Waals surface area contributed by atoms with Crippen molar-refractivity contribution in [2.24, 2.45) is 0 Å². The molecule has 10 heteroatoms. The predicted octanol–water partition coefficient (Wildman–Crippen LogP) is 9.96. The van der Waals surface area contributed by atoms with Crippen molar-refractivity contribution in [3.63, 3.8) is 0 Å². The van der Waals surface area contributed by atoms with E-state index in [1.165, 1.54) is 0 Å². The van der Waals surface area contributed by atoms with Gasteiger partial charge >= 0.3 is 0 Å². The summed E-state index contributed by atoms with van der Waals surface area (Å²) >= 11 is 0. The smallest absolute Gasteiger partial charge is 0.163 e. The zero-order valence-corrected chi connectivity index (χ0v) is 35.2. The zero-order valence-electron chi connectivity index (χ0n) is 35.2. The molecule has 10 nitrogen and oxygen atoms in total. The molecule has 2 aromatic heterocycles. The third-order valence-electron chi connectivity index (χ3n) is 10.2. The molecule has 0 aliphatic rings. The third-order valence-corrected chi connectivity index (χ3v) is 10.2. The van der Waals surface area contributed by atoms with Gasteiger partial charge in [-0.2, -0.15) is 0 Å². The fourth-order valence-corrected chi connectivity index (χ4v) is 7.05. The molecule has 8 rings (SSSR count). The van der Waals surface area contributed by atoms with Crippen LogP contribution in [0.25, 0.3) is 34.9 Å². The van der Waals surface area contributed by atoms with E-state index in [1.807, 2.05) is 72.8 Å². The molecule has 0 N–H and O–H groups in total. The lowest BCUT2D eigenvalue weighted by Crippen LogP contribution is -2.07. The number of hydrogen-bond donors (Lipinski definition) is 0. The minimum atomic E-state index is 0.541. The molecule has 0 radical (unpaired) electrons. The highest BCUT2D eigenvalue weighted by molar-refractivity contribution is 5.72. The molecule has 0 aliphatic heterocycles. The Kier molecular flexibility index (Phi) is 12.9. The first-order chi connectivity index (χ1) is 30.4. The largest absolute Gasteiger partial charge is 0.497 e. The maximum atomic E-state index is 5.46. The van der Waals surface area contributed by atoms with Gasteiger partial charge in [0.1, 0.15) is 46.3 Å². The zero-order chi connectivity index (χ0) is 42.7. The van der Waals surface area contributed by atoms with E-state index in [9.17, 15) is 0 Å². The monoisotopic (exact) mass is 818 g/mol. The highest BCUT2D eigenvalue weighted by Crippen LogP contribution is 2.24. The summed E-state index contributed by atoms with van der Waals surface area (Å²) in [7, 11) is 6.67. The second-order valence-electron chi connectivity index (χ2n) is 14.7. The summed E-state index contributed by atoms with van der Waals surface area (Å²) in [5.41, 5.74) is 8.11. The first kappa shape index (κ1) is 41.0. The van der Waals surface area contributed by atoms with Crippen molar-refractivity contribution in [1.82, 2.24) is 29.9 Å². The number of benzene rings is 6. The van der Waals surface area contributed by atoms with Gasteiger partial charge < -0.3 is 18.9 Å². The van der Waals surface area contributed by atoms with E-state index in [2.05, 4.69) is 84.9 Å². The first-order valence-electron chi connectivity index (χ1n) is 20.3. The molecule has 0 fully saturated rings. The lowest BCUT2D eigenvalue weighted by Gasteiger charge is -2.10. The Morgan fingerprint density at radius 1 is 0.339 bits per heavy atom. The highest BCUT2D eigenvalue weighted by atomic mass is 16.5. The number of ether oxygens (including phenoxy) is 4. The van der Waals surface area contributed by atoms with Gasteiger partial charge in [0.2, 0.25) is 0 Å².